The quantitative estimate of drug-likeness (QED) is 0.419. The number of rotatable bonds is 7. The molecular weight excluding hydrogens is 400 g/mol. The normalized spacial score (nSPS) is 18.5. The van der Waals surface area contributed by atoms with Crippen molar-refractivity contribution in [3.8, 4) is 18.6 Å². The Morgan fingerprint density at radius 2 is 1.94 bits per heavy atom. The predicted molar refractivity (Wildman–Crippen MR) is 133 cm³/mol. The zero-order chi connectivity index (χ0) is 24.3. The van der Waals surface area contributed by atoms with Gasteiger partial charge in [0.25, 0.3) is 0 Å². The molecule has 0 atom stereocenters. The molecule has 0 bridgehead atoms. The number of allylic oxidation sites excluding steroid dienone is 4. The molecule has 1 aliphatic heterocycles. The maximum Gasteiger partial charge on any atom is 0.328 e. The summed E-state index contributed by atoms with van der Waals surface area (Å²) in [6, 6.07) is 4.43. The van der Waals surface area contributed by atoms with Crippen molar-refractivity contribution < 1.29 is 14.6 Å². The zero-order valence-electron chi connectivity index (χ0n) is 20.1. The Hall–Kier alpha value is -3.26. The standard InChI is InChI=1S/C25H34N2O3.C2H2/c1-7-30-25-21(17(4)5)14-20(16(2)3)15-22(25)23-11-10-19(9-8-12-26-27-23)18(6)13-24(28)29;1-2/h8-10,13-17,26H,7,11-12H2,1-6H3,(H,28,29);1-2H/b9-8-,18-13+,19-10+,27-23+;. The van der Waals surface area contributed by atoms with E-state index >= 15 is 0 Å². The van der Waals surface area contributed by atoms with E-state index in [1.165, 1.54) is 17.2 Å². The molecule has 0 saturated heterocycles. The summed E-state index contributed by atoms with van der Waals surface area (Å²) in [7, 11) is 0. The van der Waals surface area contributed by atoms with Crippen molar-refractivity contribution in [3.63, 3.8) is 0 Å². The molecule has 1 aromatic carbocycles. The van der Waals surface area contributed by atoms with Crippen molar-refractivity contribution in [2.24, 2.45) is 5.10 Å². The number of ether oxygens (including phenoxy) is 1. The van der Waals surface area contributed by atoms with Gasteiger partial charge in [-0.05, 0) is 54.0 Å². The number of nitrogens with zero attached hydrogens (tertiary/aromatic N) is 1. The van der Waals surface area contributed by atoms with Crippen LogP contribution in [-0.2, 0) is 4.79 Å². The van der Waals surface area contributed by atoms with E-state index < -0.39 is 5.97 Å². The second-order valence-electron chi connectivity index (χ2n) is 8.08. The average molecular weight is 437 g/mol. The molecule has 1 aromatic rings. The first-order valence-electron chi connectivity index (χ1n) is 11.0. The van der Waals surface area contributed by atoms with Crippen molar-refractivity contribution in [2.45, 2.75) is 59.8 Å². The summed E-state index contributed by atoms with van der Waals surface area (Å²) >= 11 is 0. The minimum absolute atomic E-state index is 0.322. The summed E-state index contributed by atoms with van der Waals surface area (Å²) in [5.74, 6) is 0.647. The molecule has 1 heterocycles. The minimum Gasteiger partial charge on any atom is -0.493 e. The number of carbonyl (C=O) groups is 1. The van der Waals surface area contributed by atoms with Crippen LogP contribution in [0.3, 0.4) is 0 Å². The lowest BCUT2D eigenvalue weighted by Gasteiger charge is -2.21. The molecular formula is C27H36N2O3. The molecule has 1 aliphatic rings. The molecule has 0 spiro atoms. The average Bonchev–Trinajstić information content (AvgIpc) is 2.87. The smallest absolute Gasteiger partial charge is 0.328 e. The Morgan fingerprint density at radius 3 is 2.50 bits per heavy atom. The summed E-state index contributed by atoms with van der Waals surface area (Å²) in [4.78, 5) is 11.1. The number of terminal acetylenes is 1. The number of nitrogens with one attached hydrogen (secondary N) is 1. The minimum atomic E-state index is -0.946. The van der Waals surface area contributed by atoms with Crippen LogP contribution in [0.15, 0.2) is 52.7 Å². The molecule has 0 radical (unpaired) electrons. The van der Waals surface area contributed by atoms with Crippen LogP contribution < -0.4 is 10.2 Å². The topological polar surface area (TPSA) is 70.9 Å². The number of hydrogen-bond donors (Lipinski definition) is 2. The monoisotopic (exact) mass is 436 g/mol. The van der Waals surface area contributed by atoms with Crippen molar-refractivity contribution in [1.82, 2.24) is 5.43 Å². The van der Waals surface area contributed by atoms with Gasteiger partial charge in [-0.1, -0.05) is 52.0 Å². The maximum atomic E-state index is 11.1. The number of hydrogen-bond acceptors (Lipinski definition) is 4. The predicted octanol–water partition coefficient (Wildman–Crippen LogP) is 5.79. The second kappa shape index (κ2) is 13.2. The van der Waals surface area contributed by atoms with Crippen LogP contribution in [0.5, 0.6) is 5.75 Å². The van der Waals surface area contributed by atoms with E-state index in [0.717, 1.165) is 22.6 Å². The number of aliphatic carboxylic acids is 1. The number of hydrazone groups is 1. The van der Waals surface area contributed by atoms with Crippen LogP contribution in [0.4, 0.5) is 0 Å². The fourth-order valence-electron chi connectivity index (χ4n) is 3.39. The van der Waals surface area contributed by atoms with Gasteiger partial charge in [0.05, 0.1) is 18.9 Å². The van der Waals surface area contributed by atoms with Gasteiger partial charge in [0.15, 0.2) is 0 Å². The van der Waals surface area contributed by atoms with Gasteiger partial charge in [-0.3, -0.25) is 0 Å². The molecule has 0 aliphatic carbocycles. The fraction of sp³-hybridized carbons (Fsp3) is 0.407. The van der Waals surface area contributed by atoms with Crippen molar-refractivity contribution in [2.75, 3.05) is 13.2 Å². The van der Waals surface area contributed by atoms with Gasteiger partial charge in [-0.15, -0.1) is 12.8 Å². The lowest BCUT2D eigenvalue weighted by molar-refractivity contribution is -0.131. The van der Waals surface area contributed by atoms with E-state index in [0.29, 0.717) is 37.0 Å². The van der Waals surface area contributed by atoms with Gasteiger partial charge in [0.2, 0.25) is 0 Å². The Kier molecular flexibility index (Phi) is 11.1. The van der Waals surface area contributed by atoms with Gasteiger partial charge < -0.3 is 15.3 Å². The van der Waals surface area contributed by atoms with E-state index in [4.69, 9.17) is 9.84 Å². The highest BCUT2D eigenvalue weighted by atomic mass is 16.5. The van der Waals surface area contributed by atoms with E-state index in [-0.39, 0.29) is 0 Å². The van der Waals surface area contributed by atoms with Crippen molar-refractivity contribution >= 4 is 11.7 Å². The third-order valence-corrected chi connectivity index (χ3v) is 5.06. The van der Waals surface area contributed by atoms with Gasteiger partial charge in [-0.25, -0.2) is 4.79 Å². The molecule has 172 valence electrons. The molecule has 0 saturated carbocycles. The van der Waals surface area contributed by atoms with Gasteiger partial charge in [0.1, 0.15) is 5.75 Å². The number of benzene rings is 1. The first kappa shape index (κ1) is 26.8. The Morgan fingerprint density at radius 1 is 1.25 bits per heavy atom. The van der Waals surface area contributed by atoms with Crippen molar-refractivity contribution in [1.29, 1.82) is 0 Å². The number of carboxylic acid groups (broad SMARTS) is 1. The molecule has 0 unspecified atom stereocenters. The fourth-order valence-corrected chi connectivity index (χ4v) is 3.39. The van der Waals surface area contributed by atoms with E-state index in [1.807, 2.05) is 32.1 Å². The molecule has 2 N–H and O–H groups in total. The molecule has 0 amide bonds. The van der Waals surface area contributed by atoms with E-state index in [2.05, 4.69) is 63.2 Å². The third kappa shape index (κ3) is 7.46. The van der Waals surface area contributed by atoms with Crippen LogP contribution in [0, 0.1) is 12.8 Å². The highest BCUT2D eigenvalue weighted by Gasteiger charge is 2.20. The molecule has 5 nitrogen and oxygen atoms in total. The zero-order valence-corrected chi connectivity index (χ0v) is 20.1. The van der Waals surface area contributed by atoms with Crippen LogP contribution in [0.25, 0.3) is 0 Å². The number of carboxylic acids is 1. The van der Waals surface area contributed by atoms with E-state index in [9.17, 15) is 4.79 Å². The highest BCUT2D eigenvalue weighted by molar-refractivity contribution is 6.04. The summed E-state index contributed by atoms with van der Waals surface area (Å²) in [6.07, 6.45) is 15.7. The van der Waals surface area contributed by atoms with Gasteiger partial charge in [-0.2, -0.15) is 5.10 Å². The Labute approximate surface area is 193 Å². The Balaban J connectivity index is 0.00000249. The summed E-state index contributed by atoms with van der Waals surface area (Å²) in [6.45, 7) is 13.7. The Bertz CT molecular complexity index is 932. The summed E-state index contributed by atoms with van der Waals surface area (Å²) in [5.41, 5.74) is 9.03. The lowest BCUT2D eigenvalue weighted by atomic mass is 9.89. The molecule has 2 rings (SSSR count). The maximum absolute atomic E-state index is 11.1. The molecule has 32 heavy (non-hydrogen) atoms. The van der Waals surface area contributed by atoms with Gasteiger partial charge in [0, 0.05) is 18.1 Å². The lowest BCUT2D eigenvalue weighted by Crippen LogP contribution is -2.14. The summed E-state index contributed by atoms with van der Waals surface area (Å²) < 4.78 is 6.11. The molecule has 5 heteroatoms. The SMILES string of the molecule is C#C.CCOc1c(/C2=N/NC\C=C/C(C(/C)=C/C(=O)O)=C\C2)cc(C(C)C)cc1C(C)C. The summed E-state index contributed by atoms with van der Waals surface area (Å²) in [5, 5.41) is 13.8. The van der Waals surface area contributed by atoms with Crippen LogP contribution >= 0.6 is 0 Å². The highest BCUT2D eigenvalue weighted by Crippen LogP contribution is 2.35. The first-order chi connectivity index (χ1) is 15.2. The largest absolute Gasteiger partial charge is 0.493 e. The van der Waals surface area contributed by atoms with E-state index in [1.54, 1.807) is 0 Å². The van der Waals surface area contributed by atoms with Crippen molar-refractivity contribution in [3.05, 3.63) is 64.3 Å². The van der Waals surface area contributed by atoms with Gasteiger partial charge >= 0.3 is 5.97 Å². The van der Waals surface area contributed by atoms with Crippen LogP contribution in [-0.4, -0.2) is 29.9 Å². The molecule has 0 fully saturated rings. The van der Waals surface area contributed by atoms with Crippen LogP contribution in [0.2, 0.25) is 0 Å². The molecule has 0 aromatic heterocycles. The second-order valence-corrected chi connectivity index (χ2v) is 8.08. The van der Waals surface area contributed by atoms with Crippen LogP contribution in [0.1, 0.15) is 76.5 Å². The first-order valence-corrected chi connectivity index (χ1v) is 11.0. The third-order valence-electron chi connectivity index (χ3n) is 5.06.